The number of carbonyl (C=O) groups excluding carboxylic acids is 1. The Morgan fingerprint density at radius 1 is 1.39 bits per heavy atom. The summed E-state index contributed by atoms with van der Waals surface area (Å²) >= 11 is 0. The molecular formula is C13H22N4O. The van der Waals surface area contributed by atoms with E-state index < -0.39 is 0 Å². The van der Waals surface area contributed by atoms with E-state index in [2.05, 4.69) is 36.1 Å². The van der Waals surface area contributed by atoms with Gasteiger partial charge in [-0.3, -0.25) is 9.89 Å². The van der Waals surface area contributed by atoms with Crippen molar-refractivity contribution in [3.63, 3.8) is 0 Å². The lowest BCUT2D eigenvalue weighted by Gasteiger charge is -2.22. The molecular weight excluding hydrogens is 228 g/mol. The number of likely N-dealkylation sites (N-methyl/N-ethyl adjacent to an activating group) is 1. The fraction of sp³-hybridized carbons (Fsp3) is 0.692. The normalized spacial score (nSPS) is 24.0. The molecule has 5 nitrogen and oxygen atoms in total. The Hall–Kier alpha value is -1.36. The molecule has 100 valence electrons. The molecule has 2 atom stereocenters. The Bertz CT molecular complexity index is 432. The van der Waals surface area contributed by atoms with Gasteiger partial charge < -0.3 is 9.80 Å². The van der Waals surface area contributed by atoms with Gasteiger partial charge in [0.1, 0.15) is 0 Å². The summed E-state index contributed by atoms with van der Waals surface area (Å²) in [6.45, 7) is 7.60. The van der Waals surface area contributed by atoms with Crippen molar-refractivity contribution >= 4 is 5.91 Å². The Balaban J connectivity index is 2.17. The lowest BCUT2D eigenvalue weighted by molar-refractivity contribution is 0.0780. The summed E-state index contributed by atoms with van der Waals surface area (Å²) in [4.78, 5) is 16.7. The number of amides is 1. The summed E-state index contributed by atoms with van der Waals surface area (Å²) in [7, 11) is 4.15. The standard InChI is InChI=1S/C13H22N4O/c1-8-6-17(7-11(8)16(4)5)13(18)12-9(2)14-15-10(12)3/h8,11H,6-7H2,1-5H3,(H,14,15). The number of hydrogen-bond acceptors (Lipinski definition) is 3. The van der Waals surface area contributed by atoms with Crippen LogP contribution in [0.3, 0.4) is 0 Å². The highest BCUT2D eigenvalue weighted by molar-refractivity contribution is 5.96. The smallest absolute Gasteiger partial charge is 0.257 e. The molecule has 0 spiro atoms. The minimum absolute atomic E-state index is 0.106. The highest BCUT2D eigenvalue weighted by atomic mass is 16.2. The van der Waals surface area contributed by atoms with Crippen molar-refractivity contribution in [3.8, 4) is 0 Å². The minimum Gasteiger partial charge on any atom is -0.337 e. The largest absolute Gasteiger partial charge is 0.337 e. The Kier molecular flexibility index (Phi) is 3.43. The van der Waals surface area contributed by atoms with E-state index in [0.717, 1.165) is 30.0 Å². The predicted octanol–water partition coefficient (Wildman–Crippen LogP) is 1.05. The van der Waals surface area contributed by atoms with Gasteiger partial charge in [-0.2, -0.15) is 5.10 Å². The van der Waals surface area contributed by atoms with Crippen LogP contribution in [0.1, 0.15) is 28.7 Å². The number of rotatable bonds is 2. The maximum atomic E-state index is 12.5. The molecule has 1 fully saturated rings. The van der Waals surface area contributed by atoms with Gasteiger partial charge in [0, 0.05) is 24.8 Å². The molecule has 0 aliphatic carbocycles. The number of aromatic nitrogens is 2. The Morgan fingerprint density at radius 2 is 2.06 bits per heavy atom. The van der Waals surface area contributed by atoms with Crippen molar-refractivity contribution in [2.24, 2.45) is 5.92 Å². The van der Waals surface area contributed by atoms with E-state index in [1.54, 1.807) is 0 Å². The van der Waals surface area contributed by atoms with Crippen molar-refractivity contribution in [3.05, 3.63) is 17.0 Å². The average molecular weight is 250 g/mol. The summed E-state index contributed by atoms with van der Waals surface area (Å²) < 4.78 is 0. The second-order valence-corrected chi connectivity index (χ2v) is 5.53. The number of nitrogens with one attached hydrogen (secondary N) is 1. The second-order valence-electron chi connectivity index (χ2n) is 5.53. The van der Waals surface area contributed by atoms with E-state index in [1.165, 1.54) is 0 Å². The van der Waals surface area contributed by atoms with Crippen molar-refractivity contribution in [1.82, 2.24) is 20.0 Å². The van der Waals surface area contributed by atoms with Gasteiger partial charge in [0.05, 0.1) is 11.3 Å². The molecule has 2 heterocycles. The Morgan fingerprint density at radius 3 is 2.50 bits per heavy atom. The van der Waals surface area contributed by atoms with E-state index >= 15 is 0 Å². The first-order chi connectivity index (χ1) is 8.41. The van der Waals surface area contributed by atoms with Crippen LogP contribution in [0.2, 0.25) is 0 Å². The molecule has 1 aromatic heterocycles. The topological polar surface area (TPSA) is 52.2 Å². The number of carbonyl (C=O) groups is 1. The summed E-state index contributed by atoms with van der Waals surface area (Å²) in [5.74, 6) is 0.617. The first kappa shape index (κ1) is 13.1. The summed E-state index contributed by atoms with van der Waals surface area (Å²) in [5, 5.41) is 6.98. The molecule has 1 amide bonds. The first-order valence-corrected chi connectivity index (χ1v) is 6.39. The highest BCUT2D eigenvalue weighted by Crippen LogP contribution is 2.23. The maximum absolute atomic E-state index is 12.5. The number of nitrogens with zero attached hydrogens (tertiary/aromatic N) is 3. The summed E-state index contributed by atoms with van der Waals surface area (Å²) in [6.07, 6.45) is 0. The molecule has 0 radical (unpaired) electrons. The van der Waals surface area contributed by atoms with Gasteiger partial charge in [0.15, 0.2) is 0 Å². The van der Waals surface area contributed by atoms with Crippen molar-refractivity contribution in [1.29, 1.82) is 0 Å². The number of H-pyrrole nitrogens is 1. The van der Waals surface area contributed by atoms with Crippen molar-refractivity contribution < 1.29 is 4.79 Å². The quantitative estimate of drug-likeness (QED) is 0.853. The lowest BCUT2D eigenvalue weighted by atomic mass is 10.1. The molecule has 1 aliphatic heterocycles. The zero-order valence-corrected chi connectivity index (χ0v) is 11.8. The van der Waals surface area contributed by atoms with E-state index in [0.29, 0.717) is 12.0 Å². The molecule has 1 saturated heterocycles. The van der Waals surface area contributed by atoms with Crippen LogP contribution in [0.25, 0.3) is 0 Å². The van der Waals surface area contributed by atoms with E-state index in [9.17, 15) is 4.79 Å². The molecule has 1 aromatic rings. The maximum Gasteiger partial charge on any atom is 0.257 e. The predicted molar refractivity (Wildman–Crippen MR) is 70.6 cm³/mol. The number of hydrogen-bond donors (Lipinski definition) is 1. The van der Waals surface area contributed by atoms with Crippen LogP contribution in [0, 0.1) is 19.8 Å². The molecule has 2 rings (SSSR count). The van der Waals surface area contributed by atoms with Gasteiger partial charge in [-0.25, -0.2) is 0 Å². The molecule has 5 heteroatoms. The molecule has 2 unspecified atom stereocenters. The van der Waals surface area contributed by atoms with Gasteiger partial charge in [-0.05, 0) is 33.9 Å². The second kappa shape index (κ2) is 4.72. The van der Waals surface area contributed by atoms with Gasteiger partial charge in [0.25, 0.3) is 5.91 Å². The van der Waals surface area contributed by atoms with Gasteiger partial charge >= 0.3 is 0 Å². The van der Waals surface area contributed by atoms with Crippen LogP contribution in [0.5, 0.6) is 0 Å². The Labute approximate surface area is 108 Å². The zero-order chi connectivity index (χ0) is 13.4. The lowest BCUT2D eigenvalue weighted by Crippen LogP contribution is -2.36. The third kappa shape index (κ3) is 2.14. The first-order valence-electron chi connectivity index (χ1n) is 6.39. The number of likely N-dealkylation sites (tertiary alicyclic amines) is 1. The van der Waals surface area contributed by atoms with Crippen LogP contribution >= 0.6 is 0 Å². The third-order valence-electron chi connectivity index (χ3n) is 3.87. The number of aromatic amines is 1. The number of aryl methyl sites for hydroxylation is 2. The van der Waals surface area contributed by atoms with E-state index in [4.69, 9.17) is 0 Å². The van der Waals surface area contributed by atoms with Crippen LogP contribution in [0.4, 0.5) is 0 Å². The van der Waals surface area contributed by atoms with Crippen LogP contribution in [-0.2, 0) is 0 Å². The highest BCUT2D eigenvalue weighted by Gasteiger charge is 2.35. The zero-order valence-electron chi connectivity index (χ0n) is 11.8. The molecule has 0 saturated carbocycles. The summed E-state index contributed by atoms with van der Waals surface area (Å²) in [6, 6.07) is 0.446. The van der Waals surface area contributed by atoms with Crippen molar-refractivity contribution in [2.75, 3.05) is 27.2 Å². The molecule has 18 heavy (non-hydrogen) atoms. The minimum atomic E-state index is 0.106. The van der Waals surface area contributed by atoms with E-state index in [1.807, 2.05) is 18.7 Å². The van der Waals surface area contributed by atoms with Crippen LogP contribution < -0.4 is 0 Å². The van der Waals surface area contributed by atoms with E-state index in [-0.39, 0.29) is 5.91 Å². The van der Waals surface area contributed by atoms with Gasteiger partial charge in [-0.15, -0.1) is 0 Å². The fourth-order valence-corrected chi connectivity index (χ4v) is 2.81. The monoisotopic (exact) mass is 250 g/mol. The third-order valence-corrected chi connectivity index (χ3v) is 3.87. The van der Waals surface area contributed by atoms with Crippen LogP contribution in [0.15, 0.2) is 0 Å². The molecule has 1 N–H and O–H groups in total. The van der Waals surface area contributed by atoms with Gasteiger partial charge in [-0.1, -0.05) is 6.92 Å². The van der Waals surface area contributed by atoms with Crippen molar-refractivity contribution in [2.45, 2.75) is 26.8 Å². The molecule has 1 aliphatic rings. The van der Waals surface area contributed by atoms with Gasteiger partial charge in [0.2, 0.25) is 0 Å². The molecule has 0 aromatic carbocycles. The average Bonchev–Trinajstić information content (AvgIpc) is 2.82. The van der Waals surface area contributed by atoms with Crippen LogP contribution in [-0.4, -0.2) is 59.1 Å². The SMILES string of the molecule is Cc1n[nH]c(C)c1C(=O)N1CC(C)C(N(C)C)C1. The fourth-order valence-electron chi connectivity index (χ4n) is 2.81. The molecule has 0 bridgehead atoms. The summed E-state index contributed by atoms with van der Waals surface area (Å²) in [5.41, 5.74) is 2.39.